The van der Waals surface area contributed by atoms with Gasteiger partial charge in [-0.25, -0.2) is 0 Å². The lowest BCUT2D eigenvalue weighted by Crippen LogP contribution is -2.18. The number of hydrogen-bond donors (Lipinski definition) is 3. The first-order chi connectivity index (χ1) is 14.3. The van der Waals surface area contributed by atoms with E-state index in [0.29, 0.717) is 17.9 Å². The number of aromatic amines is 1. The molecule has 10 heteroatoms. The minimum Gasteiger partial charge on any atom is -0.383 e. The average molecular weight is 419 g/mol. The van der Waals surface area contributed by atoms with Gasteiger partial charge >= 0.3 is 6.18 Å². The quantitative estimate of drug-likeness (QED) is 0.518. The number of pyridine rings is 1. The molecule has 30 heavy (non-hydrogen) atoms. The highest BCUT2D eigenvalue weighted by Gasteiger charge is 2.32. The Morgan fingerprint density at radius 1 is 1.17 bits per heavy atom. The number of aromatic nitrogens is 3. The highest BCUT2D eigenvalue weighted by Crippen LogP contribution is 2.29. The van der Waals surface area contributed by atoms with E-state index in [0.717, 1.165) is 17.8 Å². The van der Waals surface area contributed by atoms with Crippen LogP contribution in [0.4, 0.5) is 19.0 Å². The van der Waals surface area contributed by atoms with Crippen LogP contribution in [-0.4, -0.2) is 27.7 Å². The predicted octanol–water partition coefficient (Wildman–Crippen LogP) is 3.05. The Bertz CT molecular complexity index is 988. The van der Waals surface area contributed by atoms with Crippen LogP contribution >= 0.6 is 0 Å². The second-order valence-corrected chi connectivity index (χ2v) is 6.70. The summed E-state index contributed by atoms with van der Waals surface area (Å²) in [6, 6.07) is 11.7. The van der Waals surface area contributed by atoms with Gasteiger partial charge in [-0.3, -0.25) is 14.9 Å². The number of alkyl halides is 3. The molecule has 0 unspecified atom stereocenters. The molecule has 0 bridgehead atoms. The van der Waals surface area contributed by atoms with Crippen LogP contribution < -0.4 is 11.5 Å². The minimum atomic E-state index is -4.53. The molecule has 0 radical (unpaired) electrons. The monoisotopic (exact) mass is 419 g/mol. The molecule has 1 aromatic carbocycles. The molecular formula is C20H20F3N5O2. The van der Waals surface area contributed by atoms with E-state index in [9.17, 15) is 18.0 Å². The molecular weight excluding hydrogens is 399 g/mol. The molecule has 2 heterocycles. The fourth-order valence-corrected chi connectivity index (χ4v) is 3.03. The first-order valence-electron chi connectivity index (χ1n) is 9.03. The number of benzene rings is 1. The molecule has 5 N–H and O–H groups in total. The number of hydrogen-bond acceptors (Lipinski definition) is 5. The van der Waals surface area contributed by atoms with Crippen molar-refractivity contribution in [1.29, 1.82) is 0 Å². The van der Waals surface area contributed by atoms with E-state index in [-0.39, 0.29) is 24.4 Å². The lowest BCUT2D eigenvalue weighted by Gasteiger charge is -2.18. The van der Waals surface area contributed by atoms with Crippen LogP contribution in [-0.2, 0) is 23.9 Å². The summed E-state index contributed by atoms with van der Waals surface area (Å²) in [5, 5.41) is 6.53. The lowest BCUT2D eigenvalue weighted by molar-refractivity contribution is -0.141. The summed E-state index contributed by atoms with van der Waals surface area (Å²) in [6.07, 6.45) is -3.21. The van der Waals surface area contributed by atoms with Crippen LogP contribution in [0, 0.1) is 0 Å². The molecule has 2 aromatic heterocycles. The summed E-state index contributed by atoms with van der Waals surface area (Å²) in [6.45, 7) is 0.476. The van der Waals surface area contributed by atoms with Crippen LogP contribution in [0.5, 0.6) is 0 Å². The summed E-state index contributed by atoms with van der Waals surface area (Å²) in [5.74, 6) is -1.14. The number of carbonyl (C=O) groups excluding carboxylic acids is 1. The van der Waals surface area contributed by atoms with Gasteiger partial charge in [0.25, 0.3) is 5.91 Å². The van der Waals surface area contributed by atoms with E-state index < -0.39 is 23.7 Å². The maximum atomic E-state index is 12.8. The molecule has 158 valence electrons. The Kier molecular flexibility index (Phi) is 6.36. The third-order valence-electron chi connectivity index (χ3n) is 4.53. The molecule has 0 fully saturated rings. The number of nitrogens with two attached hydrogens (primary N) is 2. The van der Waals surface area contributed by atoms with Crippen molar-refractivity contribution in [3.63, 3.8) is 0 Å². The van der Waals surface area contributed by atoms with Crippen LogP contribution in [0.15, 0.2) is 48.7 Å². The van der Waals surface area contributed by atoms with E-state index in [1.54, 1.807) is 0 Å². The van der Waals surface area contributed by atoms with Crippen molar-refractivity contribution >= 4 is 11.7 Å². The molecule has 1 atom stereocenters. The van der Waals surface area contributed by atoms with Crippen LogP contribution in [0.3, 0.4) is 0 Å². The van der Waals surface area contributed by atoms with Gasteiger partial charge in [-0.2, -0.15) is 18.3 Å². The van der Waals surface area contributed by atoms with E-state index in [4.69, 9.17) is 16.2 Å². The molecule has 3 aromatic rings. The summed E-state index contributed by atoms with van der Waals surface area (Å²) in [7, 11) is 0. The van der Waals surface area contributed by atoms with Gasteiger partial charge in [-0.1, -0.05) is 36.4 Å². The zero-order valence-corrected chi connectivity index (χ0v) is 15.8. The number of nitrogens with zero attached hydrogens (tertiary/aromatic N) is 2. The van der Waals surface area contributed by atoms with Gasteiger partial charge in [-0.15, -0.1) is 0 Å². The third-order valence-corrected chi connectivity index (χ3v) is 4.53. The number of H-pyrrole nitrogens is 1. The normalized spacial score (nSPS) is 12.6. The standard InChI is InChI=1S/C20H20F3N5O2/c21-20(22,23)16-7-6-13(9-26-16)14(11-30-10-12-4-2-1-3-5-12)8-15-17(19(25)29)18(24)28-27-15/h1-7,9,14H,8,10-11H2,(H2,25,29)(H3,24,27,28)/t14-/m1/s1. The number of rotatable bonds is 8. The number of nitrogens with one attached hydrogen (secondary N) is 1. The first-order valence-corrected chi connectivity index (χ1v) is 9.03. The van der Waals surface area contributed by atoms with Crippen LogP contribution in [0.25, 0.3) is 0 Å². The van der Waals surface area contributed by atoms with Crippen molar-refractivity contribution < 1.29 is 22.7 Å². The highest BCUT2D eigenvalue weighted by molar-refractivity contribution is 5.98. The molecule has 0 saturated carbocycles. The van der Waals surface area contributed by atoms with Crippen LogP contribution in [0.1, 0.15) is 38.8 Å². The van der Waals surface area contributed by atoms with Crippen molar-refractivity contribution in [3.05, 3.63) is 76.7 Å². The van der Waals surface area contributed by atoms with Gasteiger partial charge < -0.3 is 16.2 Å². The minimum absolute atomic E-state index is 0.0343. The number of halogens is 3. The number of primary amides is 1. The van der Waals surface area contributed by atoms with Gasteiger partial charge in [0.1, 0.15) is 17.1 Å². The topological polar surface area (TPSA) is 120 Å². The largest absolute Gasteiger partial charge is 0.433 e. The Balaban J connectivity index is 1.82. The van der Waals surface area contributed by atoms with E-state index in [1.807, 2.05) is 30.3 Å². The first kappa shape index (κ1) is 21.3. The number of anilines is 1. The summed E-state index contributed by atoms with van der Waals surface area (Å²) in [4.78, 5) is 15.2. The van der Waals surface area contributed by atoms with Crippen molar-refractivity contribution in [3.8, 4) is 0 Å². The SMILES string of the molecule is NC(=O)c1c(C[C@H](COCc2ccccc2)c2ccc(C(F)(F)F)nc2)n[nH]c1N. The van der Waals surface area contributed by atoms with Gasteiger partial charge in [0.2, 0.25) is 0 Å². The predicted molar refractivity (Wildman–Crippen MR) is 103 cm³/mol. The van der Waals surface area contributed by atoms with E-state index >= 15 is 0 Å². The number of ether oxygens (including phenoxy) is 1. The van der Waals surface area contributed by atoms with Gasteiger partial charge in [0, 0.05) is 18.5 Å². The van der Waals surface area contributed by atoms with Crippen LogP contribution in [0.2, 0.25) is 0 Å². The Morgan fingerprint density at radius 2 is 1.90 bits per heavy atom. The van der Waals surface area contributed by atoms with Gasteiger partial charge in [-0.05, 0) is 17.2 Å². The van der Waals surface area contributed by atoms with E-state index in [2.05, 4.69) is 15.2 Å². The van der Waals surface area contributed by atoms with Crippen molar-refractivity contribution in [2.75, 3.05) is 12.3 Å². The Morgan fingerprint density at radius 3 is 2.50 bits per heavy atom. The maximum Gasteiger partial charge on any atom is 0.433 e. The lowest BCUT2D eigenvalue weighted by atomic mass is 9.94. The second kappa shape index (κ2) is 8.95. The number of carbonyl (C=O) groups is 1. The summed E-state index contributed by atoms with van der Waals surface area (Å²) < 4.78 is 44.3. The number of amides is 1. The van der Waals surface area contributed by atoms with Crippen molar-refractivity contribution in [2.45, 2.75) is 25.1 Å². The molecule has 0 aliphatic rings. The molecule has 7 nitrogen and oxygen atoms in total. The molecule has 1 amide bonds. The molecule has 0 aliphatic carbocycles. The fourth-order valence-electron chi connectivity index (χ4n) is 3.03. The zero-order valence-electron chi connectivity index (χ0n) is 15.8. The highest BCUT2D eigenvalue weighted by atomic mass is 19.4. The molecule has 0 spiro atoms. The second-order valence-electron chi connectivity index (χ2n) is 6.70. The Labute approximate surface area is 170 Å². The summed E-state index contributed by atoms with van der Waals surface area (Å²) >= 11 is 0. The molecule has 3 rings (SSSR count). The van der Waals surface area contributed by atoms with Crippen molar-refractivity contribution in [2.24, 2.45) is 5.73 Å². The molecule has 0 aliphatic heterocycles. The summed E-state index contributed by atoms with van der Waals surface area (Å²) in [5.41, 5.74) is 11.9. The zero-order chi connectivity index (χ0) is 21.7. The van der Waals surface area contributed by atoms with Gasteiger partial charge in [0.15, 0.2) is 0 Å². The molecule has 0 saturated heterocycles. The fraction of sp³-hybridized carbons (Fsp3) is 0.250. The van der Waals surface area contributed by atoms with Gasteiger partial charge in [0.05, 0.1) is 18.9 Å². The van der Waals surface area contributed by atoms with E-state index in [1.165, 1.54) is 6.07 Å². The number of nitrogen functional groups attached to an aromatic ring is 1. The third kappa shape index (κ3) is 5.15. The Hall–Kier alpha value is -3.40. The maximum absolute atomic E-state index is 12.8. The smallest absolute Gasteiger partial charge is 0.383 e. The average Bonchev–Trinajstić information content (AvgIpc) is 3.08. The van der Waals surface area contributed by atoms with Crippen molar-refractivity contribution in [1.82, 2.24) is 15.2 Å².